The molecule has 0 atom stereocenters. The molecule has 3 nitrogen and oxygen atoms in total. The van der Waals surface area contributed by atoms with Crippen molar-refractivity contribution < 1.29 is 4.79 Å². The monoisotopic (exact) mass is 135 g/mol. The van der Waals surface area contributed by atoms with E-state index in [9.17, 15) is 4.79 Å². The van der Waals surface area contributed by atoms with Gasteiger partial charge in [0.2, 0.25) is 0 Å². The molecule has 0 unspecified atom stereocenters. The van der Waals surface area contributed by atoms with Crippen LogP contribution in [0.2, 0.25) is 0 Å². The number of hydrogen-bond acceptors (Lipinski definition) is 1. The topological polar surface area (TPSA) is 46.3 Å². The number of primary amides is 1. The van der Waals surface area contributed by atoms with Crippen molar-refractivity contribution in [2.24, 2.45) is 5.73 Å². The van der Waals surface area contributed by atoms with Gasteiger partial charge in [-0.2, -0.15) is 0 Å². The van der Waals surface area contributed by atoms with Crippen molar-refractivity contribution in [3.05, 3.63) is 0 Å². The standard InChI is InChI=1S/C6H12N2O.Li/c7-6(9)8-4-2-1-3-5-8;/h1-5H2,(H2,7,9);. The molecule has 0 spiro atoms. The Balaban J connectivity index is 0.000000810. The molecule has 1 fully saturated rings. The number of carbonyl (C=O) groups excluding carboxylic acids is 1. The number of urea groups is 1. The number of rotatable bonds is 0. The Morgan fingerprint density at radius 1 is 1.20 bits per heavy atom. The summed E-state index contributed by atoms with van der Waals surface area (Å²) in [5.74, 6) is 0. The van der Waals surface area contributed by atoms with E-state index in [4.69, 9.17) is 5.73 Å². The van der Waals surface area contributed by atoms with Crippen molar-refractivity contribution >= 4 is 24.9 Å². The van der Waals surface area contributed by atoms with E-state index in [2.05, 4.69) is 0 Å². The third-order valence-corrected chi connectivity index (χ3v) is 1.67. The van der Waals surface area contributed by atoms with Crippen molar-refractivity contribution in [2.75, 3.05) is 13.1 Å². The second-order valence-corrected chi connectivity index (χ2v) is 2.39. The molecule has 1 aliphatic rings. The number of carbonyl (C=O) groups is 1. The van der Waals surface area contributed by atoms with Gasteiger partial charge in [0.15, 0.2) is 0 Å². The fourth-order valence-corrected chi connectivity index (χ4v) is 1.11. The third kappa shape index (κ3) is 2.63. The predicted molar refractivity (Wildman–Crippen MR) is 40.8 cm³/mol. The van der Waals surface area contributed by atoms with E-state index in [0.29, 0.717) is 0 Å². The summed E-state index contributed by atoms with van der Waals surface area (Å²) in [6, 6.07) is -0.269. The summed E-state index contributed by atoms with van der Waals surface area (Å²) >= 11 is 0. The first-order valence-electron chi connectivity index (χ1n) is 3.35. The molecule has 0 aliphatic carbocycles. The summed E-state index contributed by atoms with van der Waals surface area (Å²) in [4.78, 5) is 12.2. The summed E-state index contributed by atoms with van der Waals surface area (Å²) in [6.07, 6.45) is 3.47. The van der Waals surface area contributed by atoms with Gasteiger partial charge in [-0.1, -0.05) is 0 Å². The number of likely N-dealkylation sites (tertiary alicyclic amines) is 1. The number of hydrogen-bond donors (Lipinski definition) is 1. The second-order valence-electron chi connectivity index (χ2n) is 2.39. The van der Waals surface area contributed by atoms with E-state index in [1.165, 1.54) is 6.42 Å². The van der Waals surface area contributed by atoms with E-state index in [0.717, 1.165) is 25.9 Å². The van der Waals surface area contributed by atoms with Gasteiger partial charge in [0.1, 0.15) is 0 Å². The molecule has 2 amide bonds. The summed E-state index contributed by atoms with van der Waals surface area (Å²) in [5, 5.41) is 0. The first kappa shape index (κ1) is 9.87. The Kier molecular flexibility index (Phi) is 4.59. The minimum absolute atomic E-state index is 0. The van der Waals surface area contributed by atoms with E-state index >= 15 is 0 Å². The summed E-state index contributed by atoms with van der Waals surface area (Å²) in [5.41, 5.74) is 5.05. The van der Waals surface area contributed by atoms with Crippen LogP contribution in [0.5, 0.6) is 0 Å². The fourth-order valence-electron chi connectivity index (χ4n) is 1.11. The van der Waals surface area contributed by atoms with Crippen LogP contribution in [0.4, 0.5) is 4.79 Å². The minimum atomic E-state index is -0.269. The van der Waals surface area contributed by atoms with Gasteiger partial charge < -0.3 is 10.6 Å². The van der Waals surface area contributed by atoms with Crippen LogP contribution < -0.4 is 5.73 Å². The minimum Gasteiger partial charge on any atom is -0.351 e. The summed E-state index contributed by atoms with van der Waals surface area (Å²) < 4.78 is 0. The molecule has 0 aromatic carbocycles. The van der Waals surface area contributed by atoms with Crippen LogP contribution in [0, 0.1) is 0 Å². The number of nitrogens with zero attached hydrogens (tertiary/aromatic N) is 1. The van der Waals surface area contributed by atoms with Crippen LogP contribution in [0.3, 0.4) is 0 Å². The van der Waals surface area contributed by atoms with E-state index in [-0.39, 0.29) is 24.9 Å². The fraction of sp³-hybridized carbons (Fsp3) is 0.833. The number of piperidine rings is 1. The largest absolute Gasteiger partial charge is 0.351 e. The van der Waals surface area contributed by atoms with Crippen LogP contribution in [0.25, 0.3) is 0 Å². The molecular formula is C6H12LiN2O. The molecule has 1 aliphatic heterocycles. The van der Waals surface area contributed by atoms with Crippen molar-refractivity contribution in [3.63, 3.8) is 0 Å². The van der Waals surface area contributed by atoms with Crippen molar-refractivity contribution in [1.82, 2.24) is 4.90 Å². The van der Waals surface area contributed by atoms with Crippen LogP contribution in [-0.2, 0) is 0 Å². The Morgan fingerprint density at radius 3 is 2.00 bits per heavy atom. The molecule has 10 heavy (non-hydrogen) atoms. The van der Waals surface area contributed by atoms with Gasteiger partial charge in [0.25, 0.3) is 0 Å². The Hall–Kier alpha value is -0.133. The summed E-state index contributed by atoms with van der Waals surface area (Å²) in [6.45, 7) is 1.71. The van der Waals surface area contributed by atoms with Crippen molar-refractivity contribution in [2.45, 2.75) is 19.3 Å². The van der Waals surface area contributed by atoms with Gasteiger partial charge in [-0.25, -0.2) is 4.79 Å². The van der Waals surface area contributed by atoms with Gasteiger partial charge in [-0.15, -0.1) is 0 Å². The Labute approximate surface area is 73.1 Å². The third-order valence-electron chi connectivity index (χ3n) is 1.67. The SMILES string of the molecule is NC(=O)N1CCCCC1.[Li]. The molecule has 2 N–H and O–H groups in total. The molecule has 1 radical (unpaired) electrons. The molecule has 1 rings (SSSR count). The molecular weight excluding hydrogens is 123 g/mol. The Morgan fingerprint density at radius 2 is 1.70 bits per heavy atom. The van der Waals surface area contributed by atoms with Gasteiger partial charge in [0, 0.05) is 32.0 Å². The van der Waals surface area contributed by atoms with E-state index in [1.54, 1.807) is 4.90 Å². The van der Waals surface area contributed by atoms with Gasteiger partial charge in [0.05, 0.1) is 0 Å². The maximum Gasteiger partial charge on any atom is 0.314 e. The predicted octanol–water partition coefficient (Wildman–Crippen LogP) is 0.170. The maximum absolute atomic E-state index is 10.5. The van der Waals surface area contributed by atoms with Crippen LogP contribution >= 0.6 is 0 Å². The van der Waals surface area contributed by atoms with E-state index in [1.807, 2.05) is 0 Å². The molecule has 53 valence electrons. The number of amides is 2. The van der Waals surface area contributed by atoms with Gasteiger partial charge >= 0.3 is 6.03 Å². The average molecular weight is 135 g/mol. The van der Waals surface area contributed by atoms with Crippen LogP contribution in [-0.4, -0.2) is 42.9 Å². The van der Waals surface area contributed by atoms with Crippen LogP contribution in [0.1, 0.15) is 19.3 Å². The smallest absolute Gasteiger partial charge is 0.314 e. The zero-order chi connectivity index (χ0) is 6.69. The van der Waals surface area contributed by atoms with Gasteiger partial charge in [-0.05, 0) is 19.3 Å². The first-order valence-corrected chi connectivity index (χ1v) is 3.35. The van der Waals surface area contributed by atoms with E-state index < -0.39 is 0 Å². The maximum atomic E-state index is 10.5. The molecule has 4 heteroatoms. The average Bonchev–Trinajstić information content (AvgIpc) is 1.90. The normalized spacial score (nSPS) is 17.8. The molecule has 0 aromatic rings. The summed E-state index contributed by atoms with van der Waals surface area (Å²) in [7, 11) is 0. The number of nitrogens with two attached hydrogens (primary N) is 1. The molecule has 0 saturated carbocycles. The molecule has 1 saturated heterocycles. The van der Waals surface area contributed by atoms with Crippen molar-refractivity contribution in [3.8, 4) is 0 Å². The van der Waals surface area contributed by atoms with Gasteiger partial charge in [-0.3, -0.25) is 0 Å². The van der Waals surface area contributed by atoms with Crippen LogP contribution in [0.15, 0.2) is 0 Å². The molecule has 0 bridgehead atoms. The zero-order valence-corrected chi connectivity index (χ0v) is 6.47. The quantitative estimate of drug-likeness (QED) is 0.473. The van der Waals surface area contributed by atoms with Crippen molar-refractivity contribution in [1.29, 1.82) is 0 Å². The zero-order valence-electron chi connectivity index (χ0n) is 6.47. The second kappa shape index (κ2) is 4.65. The Bertz CT molecular complexity index is 112. The molecule has 0 aromatic heterocycles. The molecule has 1 heterocycles. The first-order chi connectivity index (χ1) is 4.30.